The number of para-hydroxylation sites is 3. The van der Waals surface area contributed by atoms with Crippen molar-refractivity contribution in [1.82, 2.24) is 9.55 Å². The van der Waals surface area contributed by atoms with E-state index in [0.717, 1.165) is 50.6 Å². The van der Waals surface area contributed by atoms with Crippen LogP contribution in [0.3, 0.4) is 0 Å². The third-order valence-corrected chi connectivity index (χ3v) is 14.3. The van der Waals surface area contributed by atoms with E-state index >= 15 is 0 Å². The molecule has 66 heavy (non-hydrogen) atoms. The standard InChI is InChI=1S/C59H55N4OSi.Pt/c1-58(2,3)42-30-31-60-56(34-42)63-52-25-17-16-24-48(52)49-29-28-45(38-55(49)63)64-46-35-44(36-47(37-46)65(7,8)9)61-39-62(54-27-19-18-26-53(54)61)57-50(40-20-12-10-13-21-40)32-43(59(4,5)6)33-51(57)41-22-14-11-15-23-41;/h10-34,36-37,39H,1-9H3;/q-3;/i16D,17D,24D,25D;. The van der Waals surface area contributed by atoms with E-state index < -0.39 is 8.07 Å². The Hall–Kier alpha value is -6.20. The Morgan fingerprint density at radius 2 is 1.23 bits per heavy atom. The van der Waals surface area contributed by atoms with Crippen LogP contribution in [0.2, 0.25) is 19.6 Å². The van der Waals surface area contributed by atoms with Crippen LogP contribution in [0.4, 0.5) is 22.7 Å². The van der Waals surface area contributed by atoms with E-state index in [1.807, 2.05) is 24.3 Å². The van der Waals surface area contributed by atoms with Gasteiger partial charge in [0, 0.05) is 72.5 Å². The largest absolute Gasteiger partial charge is 0.509 e. The summed E-state index contributed by atoms with van der Waals surface area (Å²) in [4.78, 5) is 9.31. The molecule has 0 fully saturated rings. The number of hydrogen-bond acceptors (Lipinski definition) is 4. The fraction of sp³-hybridized carbons (Fsp3) is 0.186. The molecule has 2 aromatic heterocycles. The number of rotatable bonds is 8. The van der Waals surface area contributed by atoms with Gasteiger partial charge in [0.2, 0.25) is 0 Å². The molecule has 0 amide bonds. The third kappa shape index (κ3) is 8.42. The SMILES string of the molecule is [2H]c1c([2H])c([2H])c2c(c1[2H])c1ccc(Oc3[c-]c(N4[CH-]N(c5c(-c6ccccc6)cc(C(C)(C)C)cc5-c5ccccc5)c5ccccc54)cc([Si](C)(C)C)c3)[c-]c1n2-c1cc(C(C)(C)C)ccn1.[Pt]. The molecule has 334 valence electrons. The van der Waals surface area contributed by atoms with Gasteiger partial charge in [-0.1, -0.05) is 158 Å². The molecule has 0 N–H and O–H groups in total. The number of benzene rings is 7. The van der Waals surface area contributed by atoms with Crippen molar-refractivity contribution in [3.05, 3.63) is 194 Å². The molecule has 1 aliphatic rings. The van der Waals surface area contributed by atoms with Crippen LogP contribution in [-0.4, -0.2) is 17.6 Å². The molecule has 0 unspecified atom stereocenters. The van der Waals surface area contributed by atoms with Gasteiger partial charge in [-0.2, -0.15) is 17.3 Å². The number of hydrogen-bond donors (Lipinski definition) is 0. The maximum atomic E-state index is 9.11. The molecule has 0 saturated heterocycles. The summed E-state index contributed by atoms with van der Waals surface area (Å²) in [7, 11) is -1.98. The summed E-state index contributed by atoms with van der Waals surface area (Å²) in [6.07, 6.45) is 1.75. The van der Waals surface area contributed by atoms with Gasteiger partial charge < -0.3 is 19.1 Å². The molecule has 0 spiro atoms. The molecule has 0 saturated carbocycles. The number of anilines is 4. The summed E-state index contributed by atoms with van der Waals surface area (Å²) in [5, 5.41) is 2.21. The first-order valence-electron chi connectivity index (χ1n) is 24.3. The van der Waals surface area contributed by atoms with Crippen LogP contribution in [0.25, 0.3) is 49.9 Å². The summed E-state index contributed by atoms with van der Waals surface area (Å²) < 4.78 is 44.0. The zero-order valence-corrected chi connectivity index (χ0v) is 42.1. The zero-order chi connectivity index (χ0) is 48.7. The van der Waals surface area contributed by atoms with Crippen molar-refractivity contribution in [2.75, 3.05) is 9.80 Å². The quantitative estimate of drug-likeness (QED) is 0.112. The van der Waals surface area contributed by atoms with E-state index in [2.05, 4.69) is 199 Å². The van der Waals surface area contributed by atoms with Crippen molar-refractivity contribution in [1.29, 1.82) is 0 Å². The molecule has 0 atom stereocenters. The predicted molar refractivity (Wildman–Crippen MR) is 275 cm³/mol. The van der Waals surface area contributed by atoms with E-state index in [1.165, 1.54) is 10.8 Å². The van der Waals surface area contributed by atoms with E-state index in [9.17, 15) is 0 Å². The van der Waals surface area contributed by atoms with E-state index in [-0.39, 0.29) is 56.1 Å². The van der Waals surface area contributed by atoms with Crippen LogP contribution >= 0.6 is 0 Å². The second-order valence-electron chi connectivity index (χ2n) is 20.0. The first-order chi connectivity index (χ1) is 32.8. The zero-order valence-electron chi connectivity index (χ0n) is 42.9. The molecule has 0 aliphatic carbocycles. The Labute approximate surface area is 411 Å². The molecule has 7 heteroatoms. The third-order valence-electron chi connectivity index (χ3n) is 12.3. The summed E-state index contributed by atoms with van der Waals surface area (Å²) >= 11 is 0. The van der Waals surface area contributed by atoms with Gasteiger partial charge in [-0.25, -0.2) is 4.98 Å². The van der Waals surface area contributed by atoms with Crippen LogP contribution in [0.15, 0.2) is 164 Å². The van der Waals surface area contributed by atoms with Crippen molar-refractivity contribution < 1.29 is 31.3 Å². The van der Waals surface area contributed by atoms with Gasteiger partial charge in [0.1, 0.15) is 5.82 Å². The Morgan fingerprint density at radius 1 is 0.621 bits per heavy atom. The fourth-order valence-electron chi connectivity index (χ4n) is 8.67. The van der Waals surface area contributed by atoms with Gasteiger partial charge in [0.15, 0.2) is 0 Å². The van der Waals surface area contributed by atoms with E-state index in [0.29, 0.717) is 39.1 Å². The number of pyridine rings is 1. The van der Waals surface area contributed by atoms with Crippen molar-refractivity contribution in [2.45, 2.75) is 72.0 Å². The van der Waals surface area contributed by atoms with Gasteiger partial charge in [-0.3, -0.25) is 0 Å². The monoisotopic (exact) mass is 1060 g/mol. The summed E-state index contributed by atoms with van der Waals surface area (Å²) in [6, 6.07) is 52.9. The molecule has 9 aromatic rings. The Balaban J connectivity index is 0.00000608. The minimum atomic E-state index is -1.98. The van der Waals surface area contributed by atoms with Crippen LogP contribution in [0.1, 0.15) is 58.2 Å². The molecule has 7 aromatic carbocycles. The predicted octanol–water partition coefficient (Wildman–Crippen LogP) is 15.5. The Bertz CT molecular complexity index is 3410. The van der Waals surface area contributed by atoms with Crippen LogP contribution < -0.4 is 19.7 Å². The van der Waals surface area contributed by atoms with Crippen molar-refractivity contribution in [3.63, 3.8) is 0 Å². The Morgan fingerprint density at radius 3 is 1.85 bits per heavy atom. The average Bonchev–Trinajstić information content (AvgIpc) is 3.88. The topological polar surface area (TPSA) is 33.5 Å². The maximum absolute atomic E-state index is 9.11. The minimum absolute atomic E-state index is 0. The van der Waals surface area contributed by atoms with Crippen LogP contribution in [0.5, 0.6) is 11.5 Å². The molecule has 3 heterocycles. The van der Waals surface area contributed by atoms with Gasteiger partial charge in [-0.15, -0.1) is 42.0 Å². The minimum Gasteiger partial charge on any atom is -0.509 e. The summed E-state index contributed by atoms with van der Waals surface area (Å²) in [5.41, 5.74) is 11.3. The number of ether oxygens (including phenoxy) is 1. The van der Waals surface area contributed by atoms with Gasteiger partial charge >= 0.3 is 0 Å². The molecular formula is C59H55N4OPtSi-3. The van der Waals surface area contributed by atoms with Crippen LogP contribution in [0, 0.1) is 18.8 Å². The molecular weight excluding hydrogens is 1000 g/mol. The smallest absolute Gasteiger partial charge is 0.135 e. The molecule has 0 bridgehead atoms. The maximum Gasteiger partial charge on any atom is 0.135 e. The number of fused-ring (bicyclic) bond motifs is 4. The second-order valence-corrected chi connectivity index (χ2v) is 25.1. The van der Waals surface area contributed by atoms with Crippen LogP contribution in [-0.2, 0) is 31.9 Å². The molecule has 5 nitrogen and oxygen atoms in total. The number of nitrogens with zero attached hydrogens (tertiary/aromatic N) is 4. The van der Waals surface area contributed by atoms with Gasteiger partial charge in [-0.05, 0) is 80.9 Å². The fourth-order valence-corrected chi connectivity index (χ4v) is 9.80. The molecule has 0 radical (unpaired) electrons. The first-order valence-corrected chi connectivity index (χ1v) is 25.8. The Kier molecular flexibility index (Phi) is 10.5. The summed E-state index contributed by atoms with van der Waals surface area (Å²) in [6.45, 7) is 22.4. The number of aromatic nitrogens is 2. The first kappa shape index (κ1) is 40.1. The normalized spacial score (nSPS) is 13.8. The van der Waals surface area contributed by atoms with E-state index in [1.54, 1.807) is 10.8 Å². The van der Waals surface area contributed by atoms with Gasteiger partial charge in [0.25, 0.3) is 0 Å². The van der Waals surface area contributed by atoms with Crippen molar-refractivity contribution in [3.8, 4) is 39.6 Å². The second kappa shape index (κ2) is 17.2. The van der Waals surface area contributed by atoms with Gasteiger partial charge in [0.05, 0.1) is 13.6 Å². The summed E-state index contributed by atoms with van der Waals surface area (Å²) in [5.74, 6) is 1.46. The average molecular weight is 1060 g/mol. The van der Waals surface area contributed by atoms with E-state index in [4.69, 9.17) is 15.2 Å². The molecule has 10 rings (SSSR count). The van der Waals surface area contributed by atoms with Crippen molar-refractivity contribution in [2.24, 2.45) is 0 Å². The molecule has 1 aliphatic heterocycles. The van der Waals surface area contributed by atoms with Crippen molar-refractivity contribution >= 4 is 57.8 Å².